The van der Waals surface area contributed by atoms with Gasteiger partial charge >= 0.3 is 5.97 Å². The van der Waals surface area contributed by atoms with E-state index in [1.54, 1.807) is 0 Å². The largest absolute Gasteiger partial charge is 0.469 e. The van der Waals surface area contributed by atoms with E-state index < -0.39 is 5.60 Å². The van der Waals surface area contributed by atoms with Crippen molar-refractivity contribution in [2.75, 3.05) is 7.11 Å². The van der Waals surface area contributed by atoms with Crippen LogP contribution in [0.15, 0.2) is 11.6 Å². The average Bonchev–Trinajstić information content (AvgIpc) is 3.58. The molecule has 158 valence electrons. The molecule has 1 spiro atoms. The predicted molar refractivity (Wildman–Crippen MR) is 105 cm³/mol. The first kappa shape index (κ1) is 18.6. The molecule has 0 radical (unpaired) electrons. The molecule has 9 atom stereocenters. The van der Waals surface area contributed by atoms with Crippen LogP contribution in [0.25, 0.3) is 0 Å². The Morgan fingerprint density at radius 3 is 2.90 bits per heavy atom. The minimum Gasteiger partial charge on any atom is -0.469 e. The van der Waals surface area contributed by atoms with E-state index in [9.17, 15) is 14.7 Å². The summed E-state index contributed by atoms with van der Waals surface area (Å²) >= 11 is 0. The standard InChI is InChI=1S/C24H32O5/c1-21-7-4-13(25)10-17(21)14-11-15(14)20-16-5-8-23(27,9-6-19(26)28-3)22(16,2)12-18-24(20,21)29-18/h10,14-16,18,20,27H,4-9,11-12H2,1-3H3/t14?,15?,16-,18?,20-,21-,22-,23+,24+/m0/s1. The lowest BCUT2D eigenvalue weighted by Gasteiger charge is -2.56. The van der Waals surface area contributed by atoms with E-state index >= 15 is 0 Å². The first-order chi connectivity index (χ1) is 13.7. The number of carbonyl (C=O) groups is 2. The molecule has 5 heteroatoms. The van der Waals surface area contributed by atoms with Crippen LogP contribution in [-0.2, 0) is 19.1 Å². The predicted octanol–water partition coefficient (Wildman–Crippen LogP) is 3.19. The summed E-state index contributed by atoms with van der Waals surface area (Å²) in [5.41, 5.74) is 0.177. The zero-order chi connectivity index (χ0) is 20.4. The fraction of sp³-hybridized carbons (Fsp3) is 0.833. The van der Waals surface area contributed by atoms with Crippen LogP contribution in [0.3, 0.4) is 0 Å². The Bertz CT molecular complexity index is 848. The number of fused-ring (bicyclic) bond motifs is 6. The summed E-state index contributed by atoms with van der Waals surface area (Å²) in [6, 6.07) is 0. The average molecular weight is 401 g/mol. The number of aliphatic hydroxyl groups is 1. The van der Waals surface area contributed by atoms with E-state index in [1.165, 1.54) is 19.1 Å². The van der Waals surface area contributed by atoms with Gasteiger partial charge in [0.1, 0.15) is 5.60 Å². The molecule has 6 aliphatic rings. The Morgan fingerprint density at radius 2 is 2.14 bits per heavy atom. The molecule has 5 fully saturated rings. The van der Waals surface area contributed by atoms with Crippen molar-refractivity contribution in [3.8, 4) is 0 Å². The second kappa shape index (κ2) is 5.34. The Hall–Kier alpha value is -1.20. The van der Waals surface area contributed by atoms with E-state index in [0.29, 0.717) is 36.5 Å². The lowest BCUT2D eigenvalue weighted by atomic mass is 9.46. The molecule has 5 nitrogen and oxygen atoms in total. The third kappa shape index (κ3) is 2.00. The molecule has 1 heterocycles. The molecule has 1 N–H and O–H groups in total. The van der Waals surface area contributed by atoms with Gasteiger partial charge in [-0.25, -0.2) is 0 Å². The number of hydrogen-bond donors (Lipinski definition) is 1. The number of ketones is 1. The van der Waals surface area contributed by atoms with Crippen molar-refractivity contribution in [3.05, 3.63) is 11.6 Å². The smallest absolute Gasteiger partial charge is 0.305 e. The van der Waals surface area contributed by atoms with Gasteiger partial charge in [0.05, 0.1) is 18.8 Å². The Labute approximate surface area is 172 Å². The van der Waals surface area contributed by atoms with Crippen LogP contribution in [0.1, 0.15) is 65.2 Å². The highest BCUT2D eigenvalue weighted by Gasteiger charge is 2.84. The van der Waals surface area contributed by atoms with Crippen LogP contribution in [0.2, 0.25) is 0 Å². The monoisotopic (exact) mass is 400 g/mol. The van der Waals surface area contributed by atoms with Crippen molar-refractivity contribution < 1.29 is 24.2 Å². The summed E-state index contributed by atoms with van der Waals surface area (Å²) in [5.74, 6) is 2.07. The second-order valence-corrected chi connectivity index (χ2v) is 11.2. The number of ether oxygens (including phenoxy) is 2. The van der Waals surface area contributed by atoms with Gasteiger partial charge < -0.3 is 14.6 Å². The van der Waals surface area contributed by atoms with Gasteiger partial charge in [0.15, 0.2) is 5.78 Å². The maximum atomic E-state index is 12.2. The van der Waals surface area contributed by atoms with E-state index in [-0.39, 0.29) is 40.7 Å². The highest BCUT2D eigenvalue weighted by Crippen LogP contribution is 2.82. The van der Waals surface area contributed by atoms with Gasteiger partial charge in [0.25, 0.3) is 0 Å². The molecular weight excluding hydrogens is 368 g/mol. The molecular formula is C24H32O5. The third-order valence-electron chi connectivity index (χ3n) is 10.4. The van der Waals surface area contributed by atoms with Crippen molar-refractivity contribution in [3.63, 3.8) is 0 Å². The molecule has 0 amide bonds. The molecule has 0 aromatic rings. The normalized spacial score (nSPS) is 56.2. The molecule has 0 bridgehead atoms. The fourth-order valence-electron chi connectivity index (χ4n) is 8.75. The summed E-state index contributed by atoms with van der Waals surface area (Å²) in [4.78, 5) is 24.0. The zero-order valence-corrected chi connectivity index (χ0v) is 17.7. The van der Waals surface area contributed by atoms with Crippen molar-refractivity contribution >= 4 is 11.8 Å². The molecule has 0 aromatic heterocycles. The van der Waals surface area contributed by atoms with Crippen LogP contribution >= 0.6 is 0 Å². The van der Waals surface area contributed by atoms with E-state index in [1.807, 2.05) is 6.08 Å². The maximum absolute atomic E-state index is 12.2. The SMILES string of the molecule is COC(=O)CC[C@]1(O)CC[C@H]2[C@@H]3C4CC4C4=CC(=O)CC[C@]4(C)[C@]34OC4C[C@@]21C. The molecule has 3 unspecified atom stereocenters. The number of esters is 1. The van der Waals surface area contributed by atoms with E-state index in [4.69, 9.17) is 9.47 Å². The number of methoxy groups -OCH3 is 1. The van der Waals surface area contributed by atoms with Gasteiger partial charge in [-0.3, -0.25) is 9.59 Å². The Kier molecular flexibility index (Phi) is 3.42. The van der Waals surface area contributed by atoms with Crippen LogP contribution in [-0.4, -0.2) is 41.3 Å². The van der Waals surface area contributed by atoms with Crippen molar-refractivity contribution in [2.45, 2.75) is 82.5 Å². The van der Waals surface area contributed by atoms with Crippen LogP contribution in [0.5, 0.6) is 0 Å². The van der Waals surface area contributed by atoms with Gasteiger partial charge in [-0.15, -0.1) is 0 Å². The minimum atomic E-state index is -0.825. The topological polar surface area (TPSA) is 76.1 Å². The summed E-state index contributed by atoms with van der Waals surface area (Å²) in [6.07, 6.45) is 8.22. The molecule has 6 rings (SSSR count). The highest BCUT2D eigenvalue weighted by molar-refractivity contribution is 5.92. The van der Waals surface area contributed by atoms with Gasteiger partial charge in [-0.2, -0.15) is 0 Å². The third-order valence-corrected chi connectivity index (χ3v) is 10.4. The minimum absolute atomic E-state index is 0.0258. The first-order valence-electron chi connectivity index (χ1n) is 11.4. The van der Waals surface area contributed by atoms with E-state index in [0.717, 1.165) is 25.7 Å². The lowest BCUT2D eigenvalue weighted by molar-refractivity contribution is -0.147. The van der Waals surface area contributed by atoms with Gasteiger partial charge in [-0.1, -0.05) is 19.4 Å². The molecule has 5 aliphatic carbocycles. The van der Waals surface area contributed by atoms with Gasteiger partial charge in [-0.05, 0) is 68.3 Å². The molecule has 1 aliphatic heterocycles. The maximum Gasteiger partial charge on any atom is 0.305 e. The number of epoxide rings is 1. The molecule has 29 heavy (non-hydrogen) atoms. The van der Waals surface area contributed by atoms with Crippen molar-refractivity contribution in [2.24, 2.45) is 34.5 Å². The van der Waals surface area contributed by atoms with E-state index in [2.05, 4.69) is 13.8 Å². The molecule has 0 aromatic carbocycles. The number of rotatable bonds is 3. The van der Waals surface area contributed by atoms with Crippen molar-refractivity contribution in [1.29, 1.82) is 0 Å². The number of carbonyl (C=O) groups excluding carboxylic acids is 2. The van der Waals surface area contributed by atoms with Crippen LogP contribution in [0.4, 0.5) is 0 Å². The summed E-state index contributed by atoms with van der Waals surface area (Å²) < 4.78 is 11.5. The number of hydrogen-bond acceptors (Lipinski definition) is 5. The fourth-order valence-corrected chi connectivity index (χ4v) is 8.75. The van der Waals surface area contributed by atoms with Gasteiger partial charge in [0, 0.05) is 23.7 Å². The Balaban J connectivity index is 1.37. The van der Waals surface area contributed by atoms with Crippen molar-refractivity contribution in [1.82, 2.24) is 0 Å². The summed E-state index contributed by atoms with van der Waals surface area (Å²) in [6.45, 7) is 4.61. The quantitative estimate of drug-likeness (QED) is 0.582. The molecule has 1 saturated heterocycles. The second-order valence-electron chi connectivity index (χ2n) is 11.2. The highest BCUT2D eigenvalue weighted by atomic mass is 16.6. The Morgan fingerprint density at radius 1 is 1.34 bits per heavy atom. The summed E-state index contributed by atoms with van der Waals surface area (Å²) in [7, 11) is 1.41. The first-order valence-corrected chi connectivity index (χ1v) is 11.4. The zero-order valence-electron chi connectivity index (χ0n) is 17.7. The van der Waals surface area contributed by atoms with Crippen LogP contribution in [0, 0.1) is 34.5 Å². The lowest BCUT2D eigenvalue weighted by Crippen LogP contribution is -2.60. The van der Waals surface area contributed by atoms with Crippen LogP contribution < -0.4 is 0 Å². The summed E-state index contributed by atoms with van der Waals surface area (Å²) in [5, 5.41) is 11.7. The molecule has 4 saturated carbocycles. The van der Waals surface area contributed by atoms with Gasteiger partial charge in [0.2, 0.25) is 0 Å².